The van der Waals surface area contributed by atoms with Crippen molar-refractivity contribution in [1.82, 2.24) is 24.9 Å². The number of halogens is 1. The monoisotopic (exact) mass is 488 g/mol. The van der Waals surface area contributed by atoms with Crippen molar-refractivity contribution in [2.75, 3.05) is 18.0 Å². The first-order valence-corrected chi connectivity index (χ1v) is 12.1. The van der Waals surface area contributed by atoms with Crippen LogP contribution in [0.15, 0.2) is 67.5 Å². The number of benzene rings is 1. The number of rotatable bonds is 4. The number of pyridine rings is 1. The molecule has 188 valence electrons. The summed E-state index contributed by atoms with van der Waals surface area (Å²) in [7, 11) is 0. The topological polar surface area (TPSA) is 75.4 Å². The number of hydrogen-bond acceptors (Lipinski definition) is 5. The molecule has 7 nitrogen and oxygen atoms in total. The first-order valence-electron chi connectivity index (χ1n) is 12.1. The Hall–Kier alpha value is -4.07. The molecule has 4 heterocycles. The lowest BCUT2D eigenvalue weighted by Crippen LogP contribution is -2.37. The molecule has 5 rings (SSSR count). The zero-order valence-corrected chi connectivity index (χ0v) is 21.3. The SMILES string of the molecule is C=Cc1cnc(C(=O)N[C@H]2CCN(c3ccc4ncc(C)n4n3)C2)cc1C.CC.Fc1ccccc1. The quantitative estimate of drug-likeness (QED) is 0.425. The summed E-state index contributed by atoms with van der Waals surface area (Å²) in [5, 5.41) is 7.75. The Bertz CT molecular complexity index is 1300. The summed E-state index contributed by atoms with van der Waals surface area (Å²) >= 11 is 0. The highest BCUT2D eigenvalue weighted by molar-refractivity contribution is 5.93. The molecule has 1 atom stereocenters. The number of fused-ring (bicyclic) bond motifs is 1. The van der Waals surface area contributed by atoms with Gasteiger partial charge in [0, 0.05) is 25.3 Å². The van der Waals surface area contributed by atoms with Crippen LogP contribution < -0.4 is 10.2 Å². The van der Waals surface area contributed by atoms with Crippen LogP contribution in [0.3, 0.4) is 0 Å². The van der Waals surface area contributed by atoms with Crippen molar-refractivity contribution < 1.29 is 9.18 Å². The smallest absolute Gasteiger partial charge is 0.270 e. The van der Waals surface area contributed by atoms with E-state index in [1.165, 1.54) is 12.1 Å². The van der Waals surface area contributed by atoms with E-state index in [0.717, 1.165) is 47.8 Å². The molecule has 0 radical (unpaired) electrons. The molecule has 0 unspecified atom stereocenters. The van der Waals surface area contributed by atoms with Crippen LogP contribution in [0, 0.1) is 19.7 Å². The molecule has 1 aliphatic rings. The predicted octanol–water partition coefficient (Wildman–Crippen LogP) is 5.24. The summed E-state index contributed by atoms with van der Waals surface area (Å²) in [4.78, 5) is 23.3. The highest BCUT2D eigenvalue weighted by Gasteiger charge is 2.26. The minimum Gasteiger partial charge on any atom is -0.353 e. The van der Waals surface area contributed by atoms with Gasteiger partial charge in [-0.2, -0.15) is 0 Å². The van der Waals surface area contributed by atoms with Crippen LogP contribution in [0.25, 0.3) is 11.7 Å². The molecule has 0 aliphatic carbocycles. The fourth-order valence-corrected chi connectivity index (χ4v) is 3.81. The molecular formula is C28H33FN6O. The van der Waals surface area contributed by atoms with Gasteiger partial charge in [-0.3, -0.25) is 9.78 Å². The fraction of sp³-hybridized carbons (Fsp3) is 0.286. The Morgan fingerprint density at radius 1 is 1.11 bits per heavy atom. The van der Waals surface area contributed by atoms with Crippen molar-refractivity contribution in [1.29, 1.82) is 0 Å². The lowest BCUT2D eigenvalue weighted by atomic mass is 10.1. The molecule has 1 N–H and O–H groups in total. The minimum atomic E-state index is -0.178. The van der Waals surface area contributed by atoms with Gasteiger partial charge in [-0.25, -0.2) is 13.9 Å². The Kier molecular flexibility index (Phi) is 9.27. The molecule has 1 aromatic carbocycles. The molecule has 36 heavy (non-hydrogen) atoms. The van der Waals surface area contributed by atoms with Gasteiger partial charge >= 0.3 is 0 Å². The van der Waals surface area contributed by atoms with Crippen molar-refractivity contribution in [2.24, 2.45) is 0 Å². The van der Waals surface area contributed by atoms with Crippen LogP contribution in [-0.2, 0) is 0 Å². The molecular weight excluding hydrogens is 455 g/mol. The summed E-state index contributed by atoms with van der Waals surface area (Å²) < 4.78 is 13.7. The summed E-state index contributed by atoms with van der Waals surface area (Å²) in [5.41, 5.74) is 4.21. The molecule has 1 amide bonds. The zero-order valence-electron chi connectivity index (χ0n) is 21.3. The van der Waals surface area contributed by atoms with E-state index in [1.807, 2.05) is 50.5 Å². The minimum absolute atomic E-state index is 0.0695. The molecule has 1 saturated heterocycles. The Labute approximate surface area is 211 Å². The molecule has 4 aromatic rings. The number of imidazole rings is 1. The van der Waals surface area contributed by atoms with Gasteiger partial charge in [0.25, 0.3) is 5.91 Å². The van der Waals surface area contributed by atoms with E-state index in [1.54, 1.807) is 36.5 Å². The molecule has 0 spiro atoms. The van der Waals surface area contributed by atoms with Gasteiger partial charge in [0.05, 0.1) is 11.9 Å². The summed E-state index contributed by atoms with van der Waals surface area (Å²) in [6.45, 7) is 13.3. The van der Waals surface area contributed by atoms with Crippen LogP contribution in [-0.4, -0.2) is 44.6 Å². The summed E-state index contributed by atoms with van der Waals surface area (Å²) in [6, 6.07) is 13.8. The van der Waals surface area contributed by atoms with Crippen LogP contribution in [0.1, 0.15) is 47.6 Å². The second-order valence-corrected chi connectivity index (χ2v) is 8.19. The van der Waals surface area contributed by atoms with E-state index in [0.29, 0.717) is 5.69 Å². The summed E-state index contributed by atoms with van der Waals surface area (Å²) in [6.07, 6.45) is 6.11. The second-order valence-electron chi connectivity index (χ2n) is 8.19. The maximum Gasteiger partial charge on any atom is 0.270 e. The van der Waals surface area contributed by atoms with Crippen molar-refractivity contribution in [3.8, 4) is 0 Å². The number of aryl methyl sites for hydroxylation is 2. The third kappa shape index (κ3) is 6.53. The van der Waals surface area contributed by atoms with Crippen LogP contribution in [0.5, 0.6) is 0 Å². The standard InChI is InChI=1S/C20H22N6O.C6H5F.C2H6/c1-4-15-11-21-17(9-13(15)2)20(27)23-16-7-8-25(12-16)19-6-5-18-22-10-14(3)26(18)24-19;7-6-4-2-1-3-5-6;1-2/h4-6,9-11,16H,1,7-8,12H2,2-3H3,(H,23,27);1-5H;1-2H3/t16-;;/m0../s1. The summed E-state index contributed by atoms with van der Waals surface area (Å²) in [5.74, 6) is 0.571. The number of nitrogens with zero attached hydrogens (tertiary/aromatic N) is 5. The normalized spacial score (nSPS) is 14.4. The highest BCUT2D eigenvalue weighted by atomic mass is 19.1. The van der Waals surface area contributed by atoms with Crippen molar-refractivity contribution in [3.63, 3.8) is 0 Å². The van der Waals surface area contributed by atoms with Crippen molar-refractivity contribution >= 4 is 23.4 Å². The van der Waals surface area contributed by atoms with Gasteiger partial charge in [-0.1, -0.05) is 44.7 Å². The van der Waals surface area contributed by atoms with Crippen LogP contribution in [0.2, 0.25) is 0 Å². The zero-order chi connectivity index (χ0) is 26.1. The molecule has 0 bridgehead atoms. The first kappa shape index (κ1) is 26.5. The van der Waals surface area contributed by atoms with E-state index in [4.69, 9.17) is 0 Å². The van der Waals surface area contributed by atoms with E-state index < -0.39 is 0 Å². The first-order chi connectivity index (χ1) is 17.4. The Morgan fingerprint density at radius 3 is 2.50 bits per heavy atom. The molecule has 3 aromatic heterocycles. The van der Waals surface area contributed by atoms with E-state index in [9.17, 15) is 9.18 Å². The maximum absolute atomic E-state index is 12.5. The predicted molar refractivity (Wildman–Crippen MR) is 143 cm³/mol. The molecule has 0 saturated carbocycles. The van der Waals surface area contributed by atoms with Crippen molar-refractivity contribution in [3.05, 3.63) is 95.8 Å². The van der Waals surface area contributed by atoms with Crippen LogP contribution >= 0.6 is 0 Å². The Morgan fingerprint density at radius 2 is 1.86 bits per heavy atom. The van der Waals surface area contributed by atoms with Crippen LogP contribution in [0.4, 0.5) is 10.2 Å². The number of anilines is 1. The largest absolute Gasteiger partial charge is 0.353 e. The third-order valence-corrected chi connectivity index (χ3v) is 5.70. The molecule has 1 aliphatic heterocycles. The van der Waals surface area contributed by atoms with E-state index >= 15 is 0 Å². The molecule has 8 heteroatoms. The lowest BCUT2D eigenvalue weighted by Gasteiger charge is -2.18. The second kappa shape index (κ2) is 12.6. The van der Waals surface area contributed by atoms with E-state index in [-0.39, 0.29) is 17.8 Å². The van der Waals surface area contributed by atoms with E-state index in [2.05, 4.69) is 31.9 Å². The van der Waals surface area contributed by atoms with Gasteiger partial charge in [-0.05, 0) is 61.7 Å². The highest BCUT2D eigenvalue weighted by Crippen LogP contribution is 2.19. The lowest BCUT2D eigenvalue weighted by molar-refractivity contribution is 0.0935. The number of carbonyl (C=O) groups excluding carboxylic acids is 1. The fourth-order valence-electron chi connectivity index (χ4n) is 3.81. The number of hydrogen-bond donors (Lipinski definition) is 1. The van der Waals surface area contributed by atoms with Crippen molar-refractivity contribution in [2.45, 2.75) is 40.2 Å². The van der Waals surface area contributed by atoms with Gasteiger partial charge in [0.1, 0.15) is 17.3 Å². The van der Waals surface area contributed by atoms with Gasteiger partial charge in [-0.15, -0.1) is 5.10 Å². The molecule has 1 fully saturated rings. The maximum atomic E-state index is 12.5. The average molecular weight is 489 g/mol. The van der Waals surface area contributed by atoms with Gasteiger partial charge < -0.3 is 10.2 Å². The average Bonchev–Trinajstić information content (AvgIpc) is 3.52. The number of aromatic nitrogens is 4. The number of nitrogens with one attached hydrogen (secondary N) is 1. The number of amides is 1. The van der Waals surface area contributed by atoms with Gasteiger partial charge in [0.15, 0.2) is 5.65 Å². The number of carbonyl (C=O) groups is 1. The third-order valence-electron chi connectivity index (χ3n) is 5.70. The Balaban J connectivity index is 0.000000342. The van der Waals surface area contributed by atoms with Gasteiger partial charge in [0.2, 0.25) is 0 Å².